The number of hydrogen-bond donors (Lipinski definition) is 2. The number of rotatable bonds is 10. The number of amides is 4. The number of anilines is 1. The zero-order chi connectivity index (χ0) is 32.7. The number of piperidine rings is 1. The van der Waals surface area contributed by atoms with Crippen LogP contribution in [-0.4, -0.2) is 64.1 Å². The van der Waals surface area contributed by atoms with Crippen molar-refractivity contribution in [1.29, 1.82) is 0 Å². The van der Waals surface area contributed by atoms with Gasteiger partial charge in [0.15, 0.2) is 0 Å². The third-order valence-corrected chi connectivity index (χ3v) is 9.90. The molecular formula is C32H39ClIN7O4. The highest BCUT2D eigenvalue weighted by Crippen LogP contribution is 2.30. The second kappa shape index (κ2) is 15.3. The van der Waals surface area contributed by atoms with Crippen LogP contribution in [0.5, 0.6) is 0 Å². The van der Waals surface area contributed by atoms with Crippen LogP contribution in [0.15, 0.2) is 41.5 Å². The average Bonchev–Trinajstić information content (AvgIpc) is 3.00. The highest BCUT2D eigenvalue weighted by atomic mass is 127. The Hall–Kier alpha value is -3.35. The Morgan fingerprint density at radius 3 is 2.56 bits per heavy atom. The minimum atomic E-state index is -1.04. The van der Waals surface area contributed by atoms with Gasteiger partial charge in [-0.1, -0.05) is 41.0 Å². The SMILES string of the molecule is Cc1cc(NC(=O)C(CCN=[N+]=[N-])NC(=O)[C@@H]2Cc3ccccc3CN2C(=O)CCC(=O)N2CCCCC2(C)C)c(I)cc1Cl. The standard InChI is InChI=1S/C32H39ClIN7O4/c1-20-16-26(24(34)18-23(20)33)38-30(44)25(12-14-36-39-35)37-31(45)27-17-21-8-4-5-9-22(21)19-40(27)28(42)10-11-29(43)41-15-7-6-13-32(41,2)3/h4-5,8-9,16,18,25,27H,6-7,10-15,17,19H2,1-3H3,(H,37,45)(H,38,44)/t25?,27-/m0/s1. The summed E-state index contributed by atoms with van der Waals surface area (Å²) in [7, 11) is 0. The topological polar surface area (TPSA) is 148 Å². The molecule has 4 rings (SSSR count). The lowest BCUT2D eigenvalue weighted by Gasteiger charge is -2.42. The maximum atomic E-state index is 13.9. The van der Waals surface area contributed by atoms with E-state index in [-0.39, 0.29) is 56.1 Å². The van der Waals surface area contributed by atoms with Gasteiger partial charge in [-0.2, -0.15) is 0 Å². The molecule has 0 radical (unpaired) electrons. The van der Waals surface area contributed by atoms with E-state index in [4.69, 9.17) is 17.1 Å². The zero-order valence-electron chi connectivity index (χ0n) is 25.8. The number of benzene rings is 2. The van der Waals surface area contributed by atoms with Crippen LogP contribution in [-0.2, 0) is 32.1 Å². The number of hydrogen-bond acceptors (Lipinski definition) is 5. The Bertz CT molecular complexity index is 1510. The number of likely N-dealkylation sites (tertiary alicyclic amines) is 1. The molecular weight excluding hydrogens is 709 g/mol. The minimum Gasteiger partial charge on any atom is -0.342 e. The Labute approximate surface area is 282 Å². The fourth-order valence-electron chi connectivity index (χ4n) is 5.98. The second-order valence-electron chi connectivity index (χ2n) is 12.2. The summed E-state index contributed by atoms with van der Waals surface area (Å²) in [6.45, 7) is 6.80. The molecule has 13 heteroatoms. The number of halogens is 2. The summed E-state index contributed by atoms with van der Waals surface area (Å²) in [6, 6.07) is 9.19. The highest BCUT2D eigenvalue weighted by molar-refractivity contribution is 14.1. The predicted octanol–water partition coefficient (Wildman–Crippen LogP) is 5.90. The average molecular weight is 748 g/mol. The van der Waals surface area contributed by atoms with Crippen LogP contribution in [0, 0.1) is 10.5 Å². The van der Waals surface area contributed by atoms with Crippen molar-refractivity contribution in [1.82, 2.24) is 15.1 Å². The summed E-state index contributed by atoms with van der Waals surface area (Å²) < 4.78 is 0.722. The molecule has 2 atom stereocenters. The first-order valence-corrected chi connectivity index (χ1v) is 16.6. The maximum Gasteiger partial charge on any atom is 0.246 e. The summed E-state index contributed by atoms with van der Waals surface area (Å²) in [6.07, 6.45) is 3.29. The van der Waals surface area contributed by atoms with Gasteiger partial charge < -0.3 is 20.4 Å². The number of azide groups is 1. The molecule has 2 N–H and O–H groups in total. The fourth-order valence-corrected chi connectivity index (χ4v) is 6.93. The van der Waals surface area contributed by atoms with Gasteiger partial charge >= 0.3 is 0 Å². The van der Waals surface area contributed by atoms with Crippen LogP contribution in [0.2, 0.25) is 5.02 Å². The molecule has 1 unspecified atom stereocenters. The van der Waals surface area contributed by atoms with Crippen molar-refractivity contribution in [2.45, 2.75) is 89.9 Å². The molecule has 4 amide bonds. The molecule has 45 heavy (non-hydrogen) atoms. The van der Waals surface area contributed by atoms with E-state index >= 15 is 0 Å². The maximum absolute atomic E-state index is 13.9. The van der Waals surface area contributed by atoms with Crippen molar-refractivity contribution in [3.8, 4) is 0 Å². The molecule has 0 aliphatic carbocycles. The van der Waals surface area contributed by atoms with Gasteiger partial charge in [-0.25, -0.2) is 0 Å². The van der Waals surface area contributed by atoms with Gasteiger partial charge in [0.25, 0.3) is 0 Å². The van der Waals surface area contributed by atoms with Crippen molar-refractivity contribution in [3.05, 3.63) is 72.1 Å². The Morgan fingerprint density at radius 2 is 1.84 bits per heavy atom. The van der Waals surface area contributed by atoms with Gasteiger partial charge in [0.05, 0.1) is 5.69 Å². The molecule has 0 bridgehead atoms. The van der Waals surface area contributed by atoms with Crippen LogP contribution >= 0.6 is 34.2 Å². The van der Waals surface area contributed by atoms with E-state index in [9.17, 15) is 19.2 Å². The van der Waals surface area contributed by atoms with E-state index in [0.29, 0.717) is 17.3 Å². The summed E-state index contributed by atoms with van der Waals surface area (Å²) in [4.78, 5) is 60.3. The normalized spacial score (nSPS) is 17.8. The molecule has 0 aromatic heterocycles. The van der Waals surface area contributed by atoms with Crippen LogP contribution in [0.25, 0.3) is 10.4 Å². The van der Waals surface area contributed by atoms with Crippen LogP contribution < -0.4 is 10.6 Å². The van der Waals surface area contributed by atoms with Crippen molar-refractivity contribution < 1.29 is 19.2 Å². The second-order valence-corrected chi connectivity index (χ2v) is 13.8. The molecule has 0 spiro atoms. The number of nitrogens with zero attached hydrogens (tertiary/aromatic N) is 5. The van der Waals surface area contributed by atoms with Gasteiger partial charge in [0, 0.05) is 57.9 Å². The van der Waals surface area contributed by atoms with Gasteiger partial charge in [-0.15, -0.1) is 0 Å². The van der Waals surface area contributed by atoms with E-state index < -0.39 is 23.9 Å². The van der Waals surface area contributed by atoms with Crippen molar-refractivity contribution in [2.75, 3.05) is 18.4 Å². The quantitative estimate of drug-likeness (QED) is 0.135. The number of carbonyl (C=O) groups excluding carboxylic acids is 4. The summed E-state index contributed by atoms with van der Waals surface area (Å²) in [5.41, 5.74) is 11.7. The first-order chi connectivity index (χ1) is 21.4. The highest BCUT2D eigenvalue weighted by Gasteiger charge is 2.37. The smallest absolute Gasteiger partial charge is 0.246 e. The van der Waals surface area contributed by atoms with Crippen LogP contribution in [0.1, 0.15) is 69.1 Å². The van der Waals surface area contributed by atoms with E-state index in [1.165, 1.54) is 4.90 Å². The lowest BCUT2D eigenvalue weighted by molar-refractivity contribution is -0.145. The monoisotopic (exact) mass is 747 g/mol. The van der Waals surface area contributed by atoms with E-state index in [0.717, 1.165) is 39.5 Å². The molecule has 1 fully saturated rings. The van der Waals surface area contributed by atoms with Crippen molar-refractivity contribution in [3.63, 3.8) is 0 Å². The lowest BCUT2D eigenvalue weighted by atomic mass is 9.90. The molecule has 2 heterocycles. The molecule has 1 saturated heterocycles. The number of fused-ring (bicyclic) bond motifs is 1. The third kappa shape index (κ3) is 8.68. The molecule has 0 saturated carbocycles. The Morgan fingerprint density at radius 1 is 1.13 bits per heavy atom. The van der Waals surface area contributed by atoms with Crippen LogP contribution in [0.3, 0.4) is 0 Å². The number of nitrogens with one attached hydrogen (secondary N) is 2. The minimum absolute atomic E-state index is 0.0172. The zero-order valence-corrected chi connectivity index (χ0v) is 28.7. The number of carbonyl (C=O) groups is 4. The fraction of sp³-hybridized carbons (Fsp3) is 0.500. The van der Waals surface area contributed by atoms with E-state index in [2.05, 4.69) is 57.1 Å². The lowest BCUT2D eigenvalue weighted by Crippen LogP contribution is -2.56. The Balaban J connectivity index is 1.52. The van der Waals surface area contributed by atoms with Crippen LogP contribution in [0.4, 0.5) is 5.69 Å². The predicted molar refractivity (Wildman–Crippen MR) is 181 cm³/mol. The van der Waals surface area contributed by atoms with E-state index in [1.807, 2.05) is 36.1 Å². The van der Waals surface area contributed by atoms with E-state index in [1.54, 1.807) is 12.1 Å². The van der Waals surface area contributed by atoms with Gasteiger partial charge in [0.2, 0.25) is 23.6 Å². The molecule has 11 nitrogen and oxygen atoms in total. The first-order valence-electron chi connectivity index (χ1n) is 15.2. The van der Waals surface area contributed by atoms with Crippen molar-refractivity contribution >= 4 is 63.5 Å². The summed E-state index contributed by atoms with van der Waals surface area (Å²) in [5, 5.41) is 9.80. The third-order valence-electron chi connectivity index (χ3n) is 8.60. The molecule has 2 aliphatic heterocycles. The van der Waals surface area contributed by atoms with Gasteiger partial charge in [-0.05, 0) is 103 Å². The molecule has 2 aromatic carbocycles. The molecule has 2 aromatic rings. The number of aryl methyl sites for hydroxylation is 1. The molecule has 2 aliphatic rings. The first kappa shape index (κ1) is 34.5. The Kier molecular flexibility index (Phi) is 11.7. The summed E-state index contributed by atoms with van der Waals surface area (Å²) >= 11 is 8.29. The summed E-state index contributed by atoms with van der Waals surface area (Å²) in [5.74, 6) is -1.34. The van der Waals surface area contributed by atoms with Crippen molar-refractivity contribution in [2.24, 2.45) is 5.11 Å². The largest absolute Gasteiger partial charge is 0.342 e. The molecule has 240 valence electrons. The van der Waals surface area contributed by atoms with Gasteiger partial charge in [0.1, 0.15) is 12.1 Å². The van der Waals surface area contributed by atoms with Gasteiger partial charge in [-0.3, -0.25) is 19.2 Å².